The number of nitrogens with one attached hydrogen (secondary N) is 1. The number of hydrogen-bond acceptors (Lipinski definition) is 7. The fourth-order valence-electron chi connectivity index (χ4n) is 2.42. The van der Waals surface area contributed by atoms with Gasteiger partial charge in [0.2, 0.25) is 5.82 Å². The molecule has 0 aliphatic rings. The predicted molar refractivity (Wildman–Crippen MR) is 106 cm³/mol. The Morgan fingerprint density at radius 2 is 1.93 bits per heavy atom. The van der Waals surface area contributed by atoms with Crippen molar-refractivity contribution in [3.63, 3.8) is 0 Å². The number of hydrogen-bond donors (Lipinski definition) is 1. The number of esters is 1. The van der Waals surface area contributed by atoms with Gasteiger partial charge in [-0.25, -0.2) is 4.79 Å². The summed E-state index contributed by atoms with van der Waals surface area (Å²) in [6, 6.07) is 9.43. The lowest BCUT2D eigenvalue weighted by atomic mass is 10.0. The van der Waals surface area contributed by atoms with Crippen LogP contribution >= 0.6 is 11.3 Å². The van der Waals surface area contributed by atoms with Crippen molar-refractivity contribution in [2.24, 2.45) is 0 Å². The molecular weight excluding hydrogens is 378 g/mol. The first-order chi connectivity index (χ1) is 13.4. The first kappa shape index (κ1) is 19.7. The van der Waals surface area contributed by atoms with Gasteiger partial charge in [0.05, 0.1) is 0 Å². The third-order valence-electron chi connectivity index (χ3n) is 4.03. The molecule has 0 bridgehead atoms. The van der Waals surface area contributed by atoms with Crippen LogP contribution in [0.4, 0.5) is 5.69 Å². The lowest BCUT2D eigenvalue weighted by molar-refractivity contribution is -0.154. The quantitative estimate of drug-likeness (QED) is 0.613. The minimum Gasteiger partial charge on any atom is -0.451 e. The van der Waals surface area contributed by atoms with Gasteiger partial charge in [0.25, 0.3) is 5.91 Å². The number of aromatic nitrogens is 4. The highest BCUT2D eigenvalue weighted by Gasteiger charge is 2.19. The molecule has 0 unspecified atom stereocenters. The number of carbonyl (C=O) groups excluding carboxylic acids is 2. The maximum atomic E-state index is 12.2. The van der Waals surface area contributed by atoms with Crippen LogP contribution in [0.15, 0.2) is 41.1 Å². The van der Waals surface area contributed by atoms with Crippen LogP contribution in [-0.2, 0) is 20.9 Å². The molecule has 28 heavy (non-hydrogen) atoms. The van der Waals surface area contributed by atoms with Gasteiger partial charge in [-0.1, -0.05) is 26.0 Å². The fourth-order valence-corrected chi connectivity index (χ4v) is 3.05. The van der Waals surface area contributed by atoms with Gasteiger partial charge in [-0.05, 0) is 47.2 Å². The van der Waals surface area contributed by atoms with Crippen LogP contribution in [0, 0.1) is 0 Å². The van der Waals surface area contributed by atoms with E-state index in [-0.39, 0.29) is 6.54 Å². The average Bonchev–Trinajstić information content (AvgIpc) is 3.33. The largest absolute Gasteiger partial charge is 0.451 e. The van der Waals surface area contributed by atoms with E-state index in [1.54, 1.807) is 0 Å². The van der Waals surface area contributed by atoms with Gasteiger partial charge in [0, 0.05) is 16.6 Å². The van der Waals surface area contributed by atoms with Crippen molar-refractivity contribution in [3.05, 3.63) is 46.7 Å². The summed E-state index contributed by atoms with van der Waals surface area (Å²) in [6.45, 7) is 5.49. The van der Waals surface area contributed by atoms with Crippen molar-refractivity contribution in [1.29, 1.82) is 0 Å². The van der Waals surface area contributed by atoms with E-state index in [2.05, 4.69) is 34.6 Å². The SMILES string of the molecule is CC(C)c1ccc(NC(=O)[C@H](C)OC(=O)Cn2nnc(-c3ccsc3)n2)cc1. The van der Waals surface area contributed by atoms with Gasteiger partial charge in [-0.2, -0.15) is 16.1 Å². The van der Waals surface area contributed by atoms with Crippen molar-refractivity contribution < 1.29 is 14.3 Å². The first-order valence-corrected chi connectivity index (χ1v) is 9.77. The summed E-state index contributed by atoms with van der Waals surface area (Å²) >= 11 is 1.52. The number of benzene rings is 1. The Kier molecular flexibility index (Phi) is 6.15. The van der Waals surface area contributed by atoms with Crippen LogP contribution in [0.2, 0.25) is 0 Å². The highest BCUT2D eigenvalue weighted by Crippen LogP contribution is 2.18. The molecule has 0 fully saturated rings. The molecule has 0 aliphatic carbocycles. The predicted octanol–water partition coefficient (Wildman–Crippen LogP) is 3.10. The Hall–Kier alpha value is -3.07. The molecule has 3 rings (SSSR count). The van der Waals surface area contributed by atoms with Crippen molar-refractivity contribution in [3.8, 4) is 11.4 Å². The van der Waals surface area contributed by atoms with Crippen molar-refractivity contribution in [1.82, 2.24) is 20.2 Å². The Labute approximate surface area is 166 Å². The zero-order valence-electron chi connectivity index (χ0n) is 15.8. The summed E-state index contributed by atoms with van der Waals surface area (Å²) in [5, 5.41) is 18.4. The lowest BCUT2D eigenvalue weighted by Crippen LogP contribution is -2.31. The summed E-state index contributed by atoms with van der Waals surface area (Å²) in [4.78, 5) is 25.5. The Morgan fingerprint density at radius 1 is 1.18 bits per heavy atom. The normalized spacial score (nSPS) is 12.0. The van der Waals surface area contributed by atoms with Crippen LogP contribution in [0.5, 0.6) is 0 Å². The molecule has 2 heterocycles. The molecule has 1 aromatic carbocycles. The van der Waals surface area contributed by atoms with E-state index >= 15 is 0 Å². The maximum Gasteiger partial charge on any atom is 0.330 e. The van der Waals surface area contributed by atoms with E-state index in [9.17, 15) is 9.59 Å². The summed E-state index contributed by atoms with van der Waals surface area (Å²) in [6.07, 6.45) is -0.947. The third kappa shape index (κ3) is 5.01. The van der Waals surface area contributed by atoms with Crippen molar-refractivity contribution >= 4 is 28.9 Å². The molecule has 146 valence electrons. The molecular formula is C19H21N5O3S. The molecule has 2 aromatic heterocycles. The molecule has 3 aromatic rings. The van der Waals surface area contributed by atoms with E-state index in [0.717, 1.165) is 10.4 Å². The van der Waals surface area contributed by atoms with Crippen molar-refractivity contribution in [2.45, 2.75) is 39.3 Å². The smallest absolute Gasteiger partial charge is 0.330 e. The van der Waals surface area contributed by atoms with Gasteiger partial charge in [0.15, 0.2) is 12.6 Å². The zero-order valence-corrected chi connectivity index (χ0v) is 16.6. The average molecular weight is 399 g/mol. The maximum absolute atomic E-state index is 12.2. The number of ether oxygens (including phenoxy) is 1. The Bertz CT molecular complexity index is 935. The zero-order chi connectivity index (χ0) is 20.1. The highest BCUT2D eigenvalue weighted by molar-refractivity contribution is 7.08. The van der Waals surface area contributed by atoms with Gasteiger partial charge in [-0.15, -0.1) is 10.2 Å². The molecule has 8 nitrogen and oxygen atoms in total. The van der Waals surface area contributed by atoms with Crippen molar-refractivity contribution in [2.75, 3.05) is 5.32 Å². The summed E-state index contributed by atoms with van der Waals surface area (Å²) in [5.74, 6) is -0.178. The lowest BCUT2D eigenvalue weighted by Gasteiger charge is -2.14. The molecule has 0 radical (unpaired) electrons. The molecule has 0 saturated heterocycles. The van der Waals surface area contributed by atoms with Gasteiger partial charge in [-0.3, -0.25) is 4.79 Å². The highest BCUT2D eigenvalue weighted by atomic mass is 32.1. The van der Waals surface area contributed by atoms with Gasteiger partial charge >= 0.3 is 5.97 Å². The van der Waals surface area contributed by atoms with E-state index in [0.29, 0.717) is 17.4 Å². The van der Waals surface area contributed by atoms with Crippen LogP contribution in [0.3, 0.4) is 0 Å². The van der Waals surface area contributed by atoms with Gasteiger partial charge < -0.3 is 10.1 Å². The van der Waals surface area contributed by atoms with Gasteiger partial charge in [0.1, 0.15) is 0 Å². The Morgan fingerprint density at radius 3 is 2.57 bits per heavy atom. The second-order valence-corrected chi connectivity index (χ2v) is 7.33. The number of thiophene rings is 1. The number of tetrazole rings is 1. The summed E-state index contributed by atoms with van der Waals surface area (Å²) < 4.78 is 5.17. The molecule has 0 spiro atoms. The number of carbonyl (C=O) groups is 2. The summed E-state index contributed by atoms with van der Waals surface area (Å²) in [7, 11) is 0. The van der Waals surface area contributed by atoms with Crippen LogP contribution in [0.25, 0.3) is 11.4 Å². The monoisotopic (exact) mass is 399 g/mol. The van der Waals surface area contributed by atoms with Crippen LogP contribution < -0.4 is 5.32 Å². The standard InChI is InChI=1S/C19H21N5O3S/c1-12(2)14-4-6-16(7-5-14)20-19(26)13(3)27-17(25)10-24-22-18(21-23-24)15-8-9-28-11-15/h4-9,11-13H,10H2,1-3H3,(H,20,26)/t13-/m0/s1. The fraction of sp³-hybridized carbons (Fsp3) is 0.316. The first-order valence-electron chi connectivity index (χ1n) is 8.83. The second-order valence-electron chi connectivity index (χ2n) is 6.55. The van der Waals surface area contributed by atoms with E-state index in [1.807, 2.05) is 41.1 Å². The third-order valence-corrected chi connectivity index (χ3v) is 4.71. The minimum absolute atomic E-state index is 0.224. The number of anilines is 1. The molecule has 0 saturated carbocycles. The summed E-state index contributed by atoms with van der Waals surface area (Å²) in [5.41, 5.74) is 2.66. The number of nitrogens with zero attached hydrogens (tertiary/aromatic N) is 4. The van der Waals surface area contributed by atoms with E-state index < -0.39 is 18.0 Å². The topological polar surface area (TPSA) is 99.0 Å². The molecule has 9 heteroatoms. The number of rotatable bonds is 7. The van der Waals surface area contributed by atoms with Crippen LogP contribution in [-0.4, -0.2) is 38.2 Å². The minimum atomic E-state index is -0.947. The van der Waals surface area contributed by atoms with E-state index in [1.165, 1.54) is 23.8 Å². The Balaban J connectivity index is 1.51. The molecule has 1 atom stereocenters. The molecule has 1 amide bonds. The molecule has 1 N–H and O–H groups in total. The number of amides is 1. The second kappa shape index (κ2) is 8.75. The van der Waals surface area contributed by atoms with E-state index in [4.69, 9.17) is 4.74 Å². The van der Waals surface area contributed by atoms with Crippen LogP contribution in [0.1, 0.15) is 32.3 Å². The molecule has 0 aliphatic heterocycles.